The highest BCUT2D eigenvalue weighted by Crippen LogP contribution is 2.20. The van der Waals surface area contributed by atoms with Gasteiger partial charge >= 0.3 is 0 Å². The van der Waals surface area contributed by atoms with Crippen LogP contribution in [0, 0.1) is 5.82 Å². The number of methoxy groups -OCH3 is 1. The van der Waals surface area contributed by atoms with Crippen molar-refractivity contribution in [3.63, 3.8) is 0 Å². The molecule has 1 aromatic carbocycles. The van der Waals surface area contributed by atoms with Gasteiger partial charge in [0.05, 0.1) is 7.11 Å². The molecule has 1 aromatic rings. The van der Waals surface area contributed by atoms with Gasteiger partial charge in [-0.05, 0) is 25.0 Å². The van der Waals surface area contributed by atoms with Gasteiger partial charge in [-0.1, -0.05) is 6.07 Å². The standard InChI is InChI=1S/C13H19FN2O/c1-17-13-4-2-3-12(14)11(13)9-15-7-8-16-10-5-6-10/h2-4,10,15-16H,5-9H2,1H3. The summed E-state index contributed by atoms with van der Waals surface area (Å²) in [6, 6.07) is 5.62. The first-order valence-electron chi connectivity index (χ1n) is 6.06. The van der Waals surface area contributed by atoms with Crippen molar-refractivity contribution in [1.82, 2.24) is 10.6 Å². The molecular weight excluding hydrogens is 219 g/mol. The molecule has 0 spiro atoms. The number of benzene rings is 1. The van der Waals surface area contributed by atoms with Gasteiger partial charge in [0.2, 0.25) is 0 Å². The van der Waals surface area contributed by atoms with Gasteiger partial charge in [0.15, 0.2) is 0 Å². The van der Waals surface area contributed by atoms with Gasteiger partial charge in [-0.2, -0.15) is 0 Å². The van der Waals surface area contributed by atoms with Crippen molar-refractivity contribution in [2.75, 3.05) is 20.2 Å². The summed E-state index contributed by atoms with van der Waals surface area (Å²) in [6.45, 7) is 2.28. The van der Waals surface area contributed by atoms with Crippen molar-refractivity contribution in [1.29, 1.82) is 0 Å². The Balaban J connectivity index is 1.76. The van der Waals surface area contributed by atoms with Gasteiger partial charge in [0, 0.05) is 31.2 Å². The molecule has 2 N–H and O–H groups in total. The van der Waals surface area contributed by atoms with Crippen LogP contribution in [-0.4, -0.2) is 26.2 Å². The smallest absolute Gasteiger partial charge is 0.131 e. The van der Waals surface area contributed by atoms with E-state index in [1.165, 1.54) is 18.9 Å². The minimum atomic E-state index is -0.216. The van der Waals surface area contributed by atoms with Crippen LogP contribution in [0.2, 0.25) is 0 Å². The fourth-order valence-corrected chi connectivity index (χ4v) is 1.77. The first kappa shape index (κ1) is 12.3. The van der Waals surface area contributed by atoms with Crippen molar-refractivity contribution < 1.29 is 9.13 Å². The second kappa shape index (κ2) is 5.98. The Labute approximate surface area is 101 Å². The molecule has 1 aliphatic rings. The van der Waals surface area contributed by atoms with Crippen molar-refractivity contribution in [2.45, 2.75) is 25.4 Å². The van der Waals surface area contributed by atoms with E-state index in [0.29, 0.717) is 17.9 Å². The molecule has 17 heavy (non-hydrogen) atoms. The van der Waals surface area contributed by atoms with E-state index in [0.717, 1.165) is 19.1 Å². The Morgan fingerprint density at radius 1 is 1.35 bits per heavy atom. The molecule has 1 saturated carbocycles. The lowest BCUT2D eigenvalue weighted by atomic mass is 10.2. The molecule has 1 aliphatic carbocycles. The van der Waals surface area contributed by atoms with Gasteiger partial charge < -0.3 is 15.4 Å². The summed E-state index contributed by atoms with van der Waals surface area (Å²) in [5.41, 5.74) is 0.599. The minimum absolute atomic E-state index is 0.216. The summed E-state index contributed by atoms with van der Waals surface area (Å²) >= 11 is 0. The van der Waals surface area contributed by atoms with E-state index in [1.54, 1.807) is 19.2 Å². The third-order valence-electron chi connectivity index (χ3n) is 2.91. The zero-order chi connectivity index (χ0) is 12.1. The van der Waals surface area contributed by atoms with Gasteiger partial charge in [0.25, 0.3) is 0 Å². The number of halogens is 1. The Morgan fingerprint density at radius 2 is 2.18 bits per heavy atom. The van der Waals surface area contributed by atoms with E-state index in [4.69, 9.17) is 4.74 Å². The molecule has 0 aliphatic heterocycles. The van der Waals surface area contributed by atoms with Crippen molar-refractivity contribution >= 4 is 0 Å². The number of hydrogen-bond donors (Lipinski definition) is 2. The second-order valence-electron chi connectivity index (χ2n) is 4.33. The zero-order valence-electron chi connectivity index (χ0n) is 10.1. The van der Waals surface area contributed by atoms with Crippen LogP contribution >= 0.6 is 0 Å². The molecule has 0 radical (unpaired) electrons. The van der Waals surface area contributed by atoms with Gasteiger partial charge in [0.1, 0.15) is 11.6 Å². The fourth-order valence-electron chi connectivity index (χ4n) is 1.77. The molecule has 0 saturated heterocycles. The molecule has 0 atom stereocenters. The molecule has 2 rings (SSSR count). The third kappa shape index (κ3) is 3.68. The number of ether oxygens (including phenoxy) is 1. The van der Waals surface area contributed by atoms with E-state index in [9.17, 15) is 4.39 Å². The summed E-state index contributed by atoms with van der Waals surface area (Å²) < 4.78 is 18.7. The molecule has 1 fully saturated rings. The second-order valence-corrected chi connectivity index (χ2v) is 4.33. The Morgan fingerprint density at radius 3 is 2.88 bits per heavy atom. The highest BCUT2D eigenvalue weighted by molar-refractivity contribution is 5.34. The average Bonchev–Trinajstić information content (AvgIpc) is 3.14. The van der Waals surface area contributed by atoms with Gasteiger partial charge in [-0.25, -0.2) is 4.39 Å². The van der Waals surface area contributed by atoms with E-state index in [2.05, 4.69) is 10.6 Å². The molecule has 0 unspecified atom stereocenters. The van der Waals surface area contributed by atoms with Crippen LogP contribution in [0.3, 0.4) is 0 Å². The minimum Gasteiger partial charge on any atom is -0.496 e. The van der Waals surface area contributed by atoms with Crippen LogP contribution in [-0.2, 0) is 6.54 Å². The molecule has 4 heteroatoms. The maximum absolute atomic E-state index is 13.5. The topological polar surface area (TPSA) is 33.3 Å². The number of rotatable bonds is 7. The van der Waals surface area contributed by atoms with Crippen LogP contribution in [0.5, 0.6) is 5.75 Å². The summed E-state index contributed by atoms with van der Waals surface area (Å²) in [7, 11) is 1.56. The molecule has 0 bridgehead atoms. The SMILES string of the molecule is COc1cccc(F)c1CNCCNC1CC1. The number of hydrogen-bond acceptors (Lipinski definition) is 3. The summed E-state index contributed by atoms with van der Waals surface area (Å²) in [5, 5.41) is 6.62. The summed E-state index contributed by atoms with van der Waals surface area (Å²) in [6.07, 6.45) is 2.59. The van der Waals surface area contributed by atoms with Crippen molar-refractivity contribution in [2.24, 2.45) is 0 Å². The fraction of sp³-hybridized carbons (Fsp3) is 0.538. The predicted molar refractivity (Wildman–Crippen MR) is 65.7 cm³/mol. The van der Waals surface area contributed by atoms with Gasteiger partial charge in [-0.15, -0.1) is 0 Å². The van der Waals surface area contributed by atoms with Crippen LogP contribution < -0.4 is 15.4 Å². The molecule has 0 heterocycles. The Hall–Kier alpha value is -1.13. The molecule has 3 nitrogen and oxygen atoms in total. The zero-order valence-corrected chi connectivity index (χ0v) is 10.1. The van der Waals surface area contributed by atoms with Crippen molar-refractivity contribution in [3.05, 3.63) is 29.6 Å². The molecular formula is C13H19FN2O. The summed E-state index contributed by atoms with van der Waals surface area (Å²) in [4.78, 5) is 0. The normalized spacial score (nSPS) is 14.9. The first-order valence-corrected chi connectivity index (χ1v) is 6.06. The van der Waals surface area contributed by atoms with Crippen LogP contribution in [0.1, 0.15) is 18.4 Å². The van der Waals surface area contributed by atoms with E-state index in [-0.39, 0.29) is 5.82 Å². The van der Waals surface area contributed by atoms with E-state index < -0.39 is 0 Å². The van der Waals surface area contributed by atoms with Crippen LogP contribution in [0.25, 0.3) is 0 Å². The quantitative estimate of drug-likeness (QED) is 0.709. The molecule has 94 valence electrons. The van der Waals surface area contributed by atoms with E-state index >= 15 is 0 Å². The third-order valence-corrected chi connectivity index (χ3v) is 2.91. The predicted octanol–water partition coefficient (Wildman–Crippen LogP) is 1.68. The lowest BCUT2D eigenvalue weighted by Crippen LogP contribution is -2.28. The number of nitrogens with one attached hydrogen (secondary N) is 2. The summed E-state index contributed by atoms with van der Waals surface area (Å²) in [5.74, 6) is 0.389. The highest BCUT2D eigenvalue weighted by Gasteiger charge is 2.19. The molecule has 0 amide bonds. The maximum Gasteiger partial charge on any atom is 0.131 e. The lowest BCUT2D eigenvalue weighted by molar-refractivity contribution is 0.401. The van der Waals surface area contributed by atoms with Crippen LogP contribution in [0.4, 0.5) is 4.39 Å². The average molecular weight is 238 g/mol. The van der Waals surface area contributed by atoms with Crippen molar-refractivity contribution in [3.8, 4) is 5.75 Å². The maximum atomic E-state index is 13.5. The molecule has 0 aromatic heterocycles. The highest BCUT2D eigenvalue weighted by atomic mass is 19.1. The Kier molecular flexibility index (Phi) is 4.34. The van der Waals surface area contributed by atoms with Crippen LogP contribution in [0.15, 0.2) is 18.2 Å². The van der Waals surface area contributed by atoms with Gasteiger partial charge in [-0.3, -0.25) is 0 Å². The van der Waals surface area contributed by atoms with E-state index in [1.807, 2.05) is 0 Å². The first-order chi connectivity index (χ1) is 8.31. The Bertz CT molecular complexity index is 366. The largest absolute Gasteiger partial charge is 0.496 e. The lowest BCUT2D eigenvalue weighted by Gasteiger charge is -2.10. The monoisotopic (exact) mass is 238 g/mol.